The Kier molecular flexibility index (Phi) is 3.40. The Bertz CT molecular complexity index is 464. The van der Waals surface area contributed by atoms with Gasteiger partial charge in [-0.3, -0.25) is 0 Å². The molecule has 104 valence electrons. The molecule has 0 saturated heterocycles. The van der Waals surface area contributed by atoms with Crippen molar-refractivity contribution in [2.24, 2.45) is 5.92 Å². The topological polar surface area (TPSA) is 29.5 Å². The van der Waals surface area contributed by atoms with Crippen LogP contribution in [0.25, 0.3) is 0 Å². The number of rotatable bonds is 3. The Morgan fingerprint density at radius 3 is 2.89 bits per heavy atom. The first-order valence-electron chi connectivity index (χ1n) is 7.46. The smallest absolute Gasteiger partial charge is 0.110 e. The van der Waals surface area contributed by atoms with E-state index in [0.29, 0.717) is 6.61 Å². The molecule has 0 amide bonds. The van der Waals surface area contributed by atoms with Gasteiger partial charge in [-0.1, -0.05) is 31.0 Å². The van der Waals surface area contributed by atoms with Gasteiger partial charge in [-0.2, -0.15) is 0 Å². The van der Waals surface area contributed by atoms with Crippen LogP contribution in [0, 0.1) is 5.92 Å². The summed E-state index contributed by atoms with van der Waals surface area (Å²) in [6.45, 7) is 2.18. The predicted octanol–water partition coefficient (Wildman–Crippen LogP) is 3.37. The monoisotopic (exact) mass is 260 g/mol. The number of fused-ring (bicyclic) bond motifs is 3. The standard InChI is InChI=1S/C17H24O2/c1-17(18,11-19-2)14-7-8-16-13(10-14)9-12-5-3-4-6-15(12)16/h7-8,10,12,15,18H,3-6,9,11H2,1-2H3/t12-,15-,17-/m0/s1. The average molecular weight is 260 g/mol. The van der Waals surface area contributed by atoms with Crippen LogP contribution >= 0.6 is 0 Å². The van der Waals surface area contributed by atoms with Gasteiger partial charge < -0.3 is 9.84 Å². The molecule has 2 aliphatic rings. The molecular formula is C17H24O2. The Morgan fingerprint density at radius 1 is 1.32 bits per heavy atom. The molecule has 19 heavy (non-hydrogen) atoms. The molecule has 0 aliphatic heterocycles. The first kappa shape index (κ1) is 13.1. The summed E-state index contributed by atoms with van der Waals surface area (Å²) in [5.74, 6) is 1.64. The lowest BCUT2D eigenvalue weighted by Crippen LogP contribution is -2.27. The van der Waals surface area contributed by atoms with E-state index >= 15 is 0 Å². The number of methoxy groups -OCH3 is 1. The molecule has 2 heteroatoms. The Morgan fingerprint density at radius 2 is 2.11 bits per heavy atom. The summed E-state index contributed by atoms with van der Waals surface area (Å²) in [7, 11) is 1.64. The fourth-order valence-electron chi connectivity index (χ4n) is 3.99. The molecule has 0 heterocycles. The highest BCUT2D eigenvalue weighted by atomic mass is 16.5. The molecule has 1 N–H and O–H groups in total. The van der Waals surface area contributed by atoms with Crippen LogP contribution in [-0.4, -0.2) is 18.8 Å². The molecule has 0 bridgehead atoms. The number of benzene rings is 1. The summed E-state index contributed by atoms with van der Waals surface area (Å²) in [5, 5.41) is 10.5. The van der Waals surface area contributed by atoms with Crippen molar-refractivity contribution in [2.45, 2.75) is 50.5 Å². The van der Waals surface area contributed by atoms with E-state index in [-0.39, 0.29) is 0 Å². The van der Waals surface area contributed by atoms with E-state index in [1.54, 1.807) is 12.7 Å². The van der Waals surface area contributed by atoms with Gasteiger partial charge in [0.15, 0.2) is 0 Å². The van der Waals surface area contributed by atoms with E-state index in [4.69, 9.17) is 4.74 Å². The molecule has 3 rings (SSSR count). The van der Waals surface area contributed by atoms with E-state index in [2.05, 4.69) is 18.2 Å². The van der Waals surface area contributed by atoms with Crippen molar-refractivity contribution in [3.63, 3.8) is 0 Å². The fraction of sp³-hybridized carbons (Fsp3) is 0.647. The minimum Gasteiger partial charge on any atom is -0.383 e. The first-order chi connectivity index (χ1) is 9.12. The van der Waals surface area contributed by atoms with Gasteiger partial charge in [-0.25, -0.2) is 0 Å². The van der Waals surface area contributed by atoms with Gasteiger partial charge in [0.25, 0.3) is 0 Å². The SMILES string of the molecule is COC[C@](C)(O)c1ccc2c(c1)C[C@@H]1CCCC[C@H]21. The first-order valence-corrected chi connectivity index (χ1v) is 7.46. The lowest BCUT2D eigenvalue weighted by molar-refractivity contribution is -0.0208. The molecule has 1 aromatic carbocycles. The van der Waals surface area contributed by atoms with Gasteiger partial charge in [-0.15, -0.1) is 0 Å². The van der Waals surface area contributed by atoms with Crippen LogP contribution in [0.1, 0.15) is 55.2 Å². The zero-order chi connectivity index (χ0) is 13.5. The summed E-state index contributed by atoms with van der Waals surface area (Å²) in [6, 6.07) is 6.56. The fourth-order valence-corrected chi connectivity index (χ4v) is 3.99. The van der Waals surface area contributed by atoms with Crippen LogP contribution in [0.3, 0.4) is 0 Å². The molecule has 1 aromatic rings. The van der Waals surface area contributed by atoms with Crippen LogP contribution in [0.15, 0.2) is 18.2 Å². The van der Waals surface area contributed by atoms with Crippen LogP contribution in [0.2, 0.25) is 0 Å². The maximum absolute atomic E-state index is 10.5. The molecule has 2 aliphatic carbocycles. The second-order valence-corrected chi connectivity index (χ2v) is 6.48. The highest BCUT2D eigenvalue weighted by Gasteiger charge is 2.35. The largest absolute Gasteiger partial charge is 0.383 e. The second-order valence-electron chi connectivity index (χ2n) is 6.48. The van der Waals surface area contributed by atoms with E-state index in [9.17, 15) is 5.11 Å². The van der Waals surface area contributed by atoms with Crippen LogP contribution < -0.4 is 0 Å². The summed E-state index contributed by atoms with van der Waals surface area (Å²) in [6.07, 6.45) is 6.71. The molecule has 0 aromatic heterocycles. The predicted molar refractivity (Wildman–Crippen MR) is 76.3 cm³/mol. The Labute approximate surface area is 115 Å². The zero-order valence-electron chi connectivity index (χ0n) is 12.0. The lowest BCUT2D eigenvalue weighted by atomic mass is 9.80. The van der Waals surface area contributed by atoms with Crippen molar-refractivity contribution in [2.75, 3.05) is 13.7 Å². The molecular weight excluding hydrogens is 236 g/mol. The molecule has 0 spiro atoms. The molecule has 0 radical (unpaired) electrons. The second kappa shape index (κ2) is 4.92. The Hall–Kier alpha value is -0.860. The molecule has 0 unspecified atom stereocenters. The van der Waals surface area contributed by atoms with Crippen molar-refractivity contribution in [3.8, 4) is 0 Å². The molecule has 1 fully saturated rings. The quantitative estimate of drug-likeness (QED) is 0.903. The maximum atomic E-state index is 10.5. The van der Waals surface area contributed by atoms with E-state index in [1.165, 1.54) is 37.7 Å². The summed E-state index contributed by atoms with van der Waals surface area (Å²) in [5.41, 5.74) is 3.12. The van der Waals surface area contributed by atoms with Gasteiger partial charge in [0.2, 0.25) is 0 Å². The van der Waals surface area contributed by atoms with Crippen molar-refractivity contribution >= 4 is 0 Å². The van der Waals surface area contributed by atoms with Crippen molar-refractivity contribution in [1.29, 1.82) is 0 Å². The highest BCUT2D eigenvalue weighted by Crippen LogP contribution is 2.47. The minimum atomic E-state index is -0.877. The normalized spacial score (nSPS) is 28.6. The highest BCUT2D eigenvalue weighted by molar-refractivity contribution is 5.41. The van der Waals surface area contributed by atoms with Crippen molar-refractivity contribution in [1.82, 2.24) is 0 Å². The van der Waals surface area contributed by atoms with E-state index in [0.717, 1.165) is 17.4 Å². The van der Waals surface area contributed by atoms with Gasteiger partial charge in [-0.05, 0) is 54.7 Å². The van der Waals surface area contributed by atoms with Gasteiger partial charge in [0, 0.05) is 7.11 Å². The zero-order valence-corrected chi connectivity index (χ0v) is 12.0. The summed E-state index contributed by atoms with van der Waals surface area (Å²) in [4.78, 5) is 0. The average Bonchev–Trinajstić information content (AvgIpc) is 2.76. The number of hydrogen-bond acceptors (Lipinski definition) is 2. The van der Waals surface area contributed by atoms with Crippen molar-refractivity contribution < 1.29 is 9.84 Å². The molecule has 2 nitrogen and oxygen atoms in total. The molecule has 1 saturated carbocycles. The lowest BCUT2D eigenvalue weighted by Gasteiger charge is -2.26. The molecule has 3 atom stereocenters. The third-order valence-electron chi connectivity index (χ3n) is 4.98. The number of hydrogen-bond donors (Lipinski definition) is 1. The van der Waals surface area contributed by atoms with Crippen molar-refractivity contribution in [3.05, 3.63) is 34.9 Å². The number of ether oxygens (including phenoxy) is 1. The van der Waals surface area contributed by atoms with Crippen LogP contribution in [-0.2, 0) is 16.8 Å². The third kappa shape index (κ3) is 2.32. The van der Waals surface area contributed by atoms with Crippen LogP contribution in [0.5, 0.6) is 0 Å². The van der Waals surface area contributed by atoms with Crippen LogP contribution in [0.4, 0.5) is 0 Å². The van der Waals surface area contributed by atoms with E-state index in [1.807, 2.05) is 6.92 Å². The third-order valence-corrected chi connectivity index (χ3v) is 4.98. The summed E-state index contributed by atoms with van der Waals surface area (Å²) >= 11 is 0. The number of aliphatic hydroxyl groups is 1. The van der Waals surface area contributed by atoms with E-state index < -0.39 is 5.60 Å². The van der Waals surface area contributed by atoms with Gasteiger partial charge in [0.05, 0.1) is 6.61 Å². The Balaban J connectivity index is 1.90. The van der Waals surface area contributed by atoms with Gasteiger partial charge in [0.1, 0.15) is 5.60 Å². The minimum absolute atomic E-state index is 0.346. The maximum Gasteiger partial charge on any atom is 0.110 e. The van der Waals surface area contributed by atoms with Gasteiger partial charge >= 0.3 is 0 Å². The summed E-state index contributed by atoms with van der Waals surface area (Å²) < 4.78 is 5.12.